The number of aryl methyl sites for hydroxylation is 1. The van der Waals surface area contributed by atoms with Gasteiger partial charge in [0.25, 0.3) is 5.91 Å². The molecule has 1 atom stereocenters. The van der Waals surface area contributed by atoms with Crippen LogP contribution in [0.1, 0.15) is 18.1 Å². The summed E-state index contributed by atoms with van der Waals surface area (Å²) < 4.78 is 5.76. The number of carbonyl (C=O) groups excluding carboxylic acids is 1. The second-order valence-electron chi connectivity index (χ2n) is 7.14. The Balaban J connectivity index is 1.55. The Labute approximate surface area is 180 Å². The first kappa shape index (κ1) is 19.9. The molecule has 0 heterocycles. The van der Waals surface area contributed by atoms with Crippen LogP contribution in [0, 0.1) is 6.92 Å². The number of nitrogens with one attached hydrogen (secondary N) is 1. The van der Waals surface area contributed by atoms with Crippen molar-refractivity contribution in [1.82, 2.24) is 5.43 Å². The molecule has 0 saturated carbocycles. The Bertz CT molecular complexity index is 1210. The van der Waals surface area contributed by atoms with E-state index in [1.165, 1.54) is 0 Å². The van der Waals surface area contributed by atoms with Gasteiger partial charge in [-0.3, -0.25) is 4.79 Å². The van der Waals surface area contributed by atoms with Gasteiger partial charge in [-0.1, -0.05) is 60.1 Å². The van der Waals surface area contributed by atoms with Crippen LogP contribution in [-0.2, 0) is 4.79 Å². The summed E-state index contributed by atoms with van der Waals surface area (Å²) >= 11 is 5.97. The number of ether oxygens (including phenoxy) is 1. The molecule has 0 bridgehead atoms. The maximum absolute atomic E-state index is 12.5. The highest BCUT2D eigenvalue weighted by Gasteiger charge is 2.15. The number of hydrogen-bond donors (Lipinski definition) is 1. The zero-order valence-corrected chi connectivity index (χ0v) is 17.5. The average Bonchev–Trinajstić information content (AvgIpc) is 2.75. The zero-order chi connectivity index (χ0) is 21.1. The molecule has 4 rings (SSSR count). The summed E-state index contributed by atoms with van der Waals surface area (Å²) in [5.41, 5.74) is 4.42. The van der Waals surface area contributed by atoms with E-state index in [1.54, 1.807) is 31.3 Å². The first-order valence-corrected chi connectivity index (χ1v) is 10.1. The van der Waals surface area contributed by atoms with Gasteiger partial charge in [-0.15, -0.1) is 0 Å². The first-order chi connectivity index (χ1) is 14.5. The van der Waals surface area contributed by atoms with E-state index < -0.39 is 6.10 Å². The summed E-state index contributed by atoms with van der Waals surface area (Å²) in [7, 11) is 0. The van der Waals surface area contributed by atoms with Crippen molar-refractivity contribution in [1.29, 1.82) is 0 Å². The number of carbonyl (C=O) groups is 1. The Hall–Kier alpha value is -3.37. The third-order valence-electron chi connectivity index (χ3n) is 4.99. The number of halogens is 1. The van der Waals surface area contributed by atoms with Crippen LogP contribution in [0.2, 0.25) is 5.02 Å². The van der Waals surface area contributed by atoms with Crippen LogP contribution in [0.15, 0.2) is 77.9 Å². The van der Waals surface area contributed by atoms with Crippen LogP contribution < -0.4 is 10.2 Å². The number of amides is 1. The van der Waals surface area contributed by atoms with Gasteiger partial charge in [0, 0.05) is 10.6 Å². The second kappa shape index (κ2) is 8.56. The van der Waals surface area contributed by atoms with Gasteiger partial charge in [-0.05, 0) is 65.2 Å². The summed E-state index contributed by atoms with van der Waals surface area (Å²) in [6, 6.07) is 23.7. The number of rotatable bonds is 5. The smallest absolute Gasteiger partial charge is 0.280 e. The van der Waals surface area contributed by atoms with Crippen molar-refractivity contribution >= 4 is 45.3 Å². The third-order valence-corrected chi connectivity index (χ3v) is 5.23. The highest BCUT2D eigenvalue weighted by atomic mass is 35.5. The molecule has 4 nitrogen and oxygen atoms in total. The van der Waals surface area contributed by atoms with Crippen LogP contribution in [0.5, 0.6) is 5.75 Å². The maximum Gasteiger partial charge on any atom is 0.280 e. The molecule has 5 heteroatoms. The van der Waals surface area contributed by atoms with Gasteiger partial charge >= 0.3 is 0 Å². The van der Waals surface area contributed by atoms with Crippen LogP contribution in [0.4, 0.5) is 0 Å². The standard InChI is InChI=1S/C25H21ClN2O2/c1-16-13-20(26)11-12-24(16)30-17(2)25(29)28-27-15-23-21-9-5-3-7-18(21)14-19-8-4-6-10-22(19)23/h3-15,17H,1-2H3,(H,28,29). The monoisotopic (exact) mass is 416 g/mol. The molecule has 0 aliphatic heterocycles. The van der Waals surface area contributed by atoms with Crippen molar-refractivity contribution in [2.45, 2.75) is 20.0 Å². The maximum atomic E-state index is 12.5. The van der Waals surface area contributed by atoms with Crippen LogP contribution in [0.3, 0.4) is 0 Å². The summed E-state index contributed by atoms with van der Waals surface area (Å²) in [4.78, 5) is 12.5. The van der Waals surface area contributed by atoms with Crippen LogP contribution >= 0.6 is 11.6 Å². The van der Waals surface area contributed by atoms with Crippen molar-refractivity contribution in [3.63, 3.8) is 0 Å². The molecule has 4 aromatic carbocycles. The molecule has 0 spiro atoms. The fraction of sp³-hybridized carbons (Fsp3) is 0.120. The molecule has 150 valence electrons. The van der Waals surface area contributed by atoms with Crippen molar-refractivity contribution in [3.8, 4) is 5.75 Å². The van der Waals surface area contributed by atoms with E-state index in [2.05, 4.69) is 40.9 Å². The van der Waals surface area contributed by atoms with Gasteiger partial charge in [-0.2, -0.15) is 5.10 Å². The van der Waals surface area contributed by atoms with Gasteiger partial charge < -0.3 is 4.74 Å². The van der Waals surface area contributed by atoms with E-state index in [9.17, 15) is 4.79 Å². The normalized spacial score (nSPS) is 12.4. The predicted octanol–water partition coefficient (Wildman–Crippen LogP) is 5.87. The Morgan fingerprint density at radius 2 is 1.63 bits per heavy atom. The molecule has 1 amide bonds. The predicted molar refractivity (Wildman–Crippen MR) is 123 cm³/mol. The highest BCUT2D eigenvalue weighted by Crippen LogP contribution is 2.27. The van der Waals surface area contributed by atoms with E-state index in [1.807, 2.05) is 31.2 Å². The fourth-order valence-corrected chi connectivity index (χ4v) is 3.66. The summed E-state index contributed by atoms with van der Waals surface area (Å²) in [5, 5.41) is 9.25. The lowest BCUT2D eigenvalue weighted by Gasteiger charge is -2.15. The molecule has 0 saturated heterocycles. The Morgan fingerprint density at radius 1 is 1.00 bits per heavy atom. The van der Waals surface area contributed by atoms with E-state index in [-0.39, 0.29) is 5.91 Å². The molecule has 4 aromatic rings. The molecule has 0 aromatic heterocycles. The van der Waals surface area contributed by atoms with Crippen LogP contribution in [-0.4, -0.2) is 18.2 Å². The van der Waals surface area contributed by atoms with Gasteiger partial charge in [0.05, 0.1) is 6.21 Å². The van der Waals surface area contributed by atoms with Crippen LogP contribution in [0.25, 0.3) is 21.5 Å². The summed E-state index contributed by atoms with van der Waals surface area (Å²) in [5.74, 6) is 0.288. The topological polar surface area (TPSA) is 50.7 Å². The zero-order valence-electron chi connectivity index (χ0n) is 16.7. The Morgan fingerprint density at radius 3 is 2.27 bits per heavy atom. The average molecular weight is 417 g/mol. The van der Waals surface area contributed by atoms with Gasteiger partial charge in [0.15, 0.2) is 6.10 Å². The third kappa shape index (κ3) is 4.14. The number of fused-ring (bicyclic) bond motifs is 2. The van der Waals surface area contributed by atoms with E-state index in [4.69, 9.17) is 16.3 Å². The van der Waals surface area contributed by atoms with Crippen molar-refractivity contribution in [2.24, 2.45) is 5.10 Å². The van der Waals surface area contributed by atoms with E-state index in [0.29, 0.717) is 10.8 Å². The number of nitrogens with zero attached hydrogens (tertiary/aromatic N) is 1. The second-order valence-corrected chi connectivity index (χ2v) is 7.57. The van der Waals surface area contributed by atoms with Gasteiger partial charge in [-0.25, -0.2) is 5.43 Å². The number of hydrazone groups is 1. The van der Waals surface area contributed by atoms with E-state index >= 15 is 0 Å². The minimum atomic E-state index is -0.703. The molecular formula is C25H21ClN2O2. The summed E-state index contributed by atoms with van der Waals surface area (Å²) in [6.45, 7) is 3.57. The molecule has 0 fully saturated rings. The molecule has 0 aliphatic carbocycles. The molecule has 1 N–H and O–H groups in total. The Kier molecular flexibility index (Phi) is 5.68. The van der Waals surface area contributed by atoms with Crippen molar-refractivity contribution in [2.75, 3.05) is 0 Å². The molecule has 0 radical (unpaired) electrons. The fourth-order valence-electron chi connectivity index (χ4n) is 3.43. The van der Waals surface area contributed by atoms with Crippen molar-refractivity contribution in [3.05, 3.63) is 88.9 Å². The highest BCUT2D eigenvalue weighted by molar-refractivity contribution is 6.30. The molecule has 0 aliphatic rings. The lowest BCUT2D eigenvalue weighted by Crippen LogP contribution is -2.33. The minimum absolute atomic E-state index is 0.329. The van der Waals surface area contributed by atoms with E-state index in [0.717, 1.165) is 32.7 Å². The lowest BCUT2D eigenvalue weighted by atomic mass is 9.97. The quantitative estimate of drug-likeness (QED) is 0.251. The minimum Gasteiger partial charge on any atom is -0.481 e. The molecular weight excluding hydrogens is 396 g/mol. The number of benzene rings is 4. The molecule has 1 unspecified atom stereocenters. The number of hydrogen-bond acceptors (Lipinski definition) is 3. The summed E-state index contributed by atoms with van der Waals surface area (Å²) in [6.07, 6.45) is 0.995. The van der Waals surface area contributed by atoms with Gasteiger partial charge in [0.2, 0.25) is 0 Å². The largest absolute Gasteiger partial charge is 0.481 e. The van der Waals surface area contributed by atoms with Crippen molar-refractivity contribution < 1.29 is 9.53 Å². The first-order valence-electron chi connectivity index (χ1n) is 9.69. The van der Waals surface area contributed by atoms with Gasteiger partial charge in [0.1, 0.15) is 5.75 Å². The SMILES string of the molecule is Cc1cc(Cl)ccc1OC(C)C(=O)NN=Cc1c2ccccc2cc2ccccc12. The lowest BCUT2D eigenvalue weighted by molar-refractivity contribution is -0.127. The molecule has 30 heavy (non-hydrogen) atoms.